The van der Waals surface area contributed by atoms with Crippen molar-refractivity contribution >= 4 is 34.0 Å². The highest BCUT2D eigenvalue weighted by atomic mass is 32.1. The number of benzene rings is 1. The van der Waals surface area contributed by atoms with Gasteiger partial charge in [0.1, 0.15) is 5.75 Å². The summed E-state index contributed by atoms with van der Waals surface area (Å²) in [7, 11) is 1.56. The van der Waals surface area contributed by atoms with E-state index in [0.29, 0.717) is 40.1 Å². The zero-order valence-electron chi connectivity index (χ0n) is 16.9. The Morgan fingerprint density at radius 1 is 1.26 bits per heavy atom. The number of methoxy groups -OCH3 is 1. The Balaban J connectivity index is 1.93. The van der Waals surface area contributed by atoms with Gasteiger partial charge < -0.3 is 10.1 Å². The average molecular weight is 451 g/mol. The fourth-order valence-corrected chi connectivity index (χ4v) is 3.69. The van der Waals surface area contributed by atoms with Crippen LogP contribution in [0.4, 0.5) is 29.9 Å². The lowest BCUT2D eigenvalue weighted by Crippen LogP contribution is -2.29. The Labute approximate surface area is 180 Å². The SMILES string of the molecule is CCC(C)c1nc(NC(=O)C(F)(F)F)sc1-c1ccnc(Nc2cccc(OC)c2)n1. The van der Waals surface area contributed by atoms with Gasteiger partial charge >= 0.3 is 12.1 Å². The summed E-state index contributed by atoms with van der Waals surface area (Å²) in [6.45, 7) is 3.85. The number of alkyl halides is 3. The molecule has 0 aliphatic carbocycles. The van der Waals surface area contributed by atoms with Gasteiger partial charge in [0.15, 0.2) is 5.13 Å². The van der Waals surface area contributed by atoms with Gasteiger partial charge in [0.25, 0.3) is 0 Å². The van der Waals surface area contributed by atoms with Gasteiger partial charge in [-0.3, -0.25) is 10.1 Å². The zero-order valence-corrected chi connectivity index (χ0v) is 17.8. The predicted octanol–water partition coefficient (Wildman–Crippen LogP) is 5.37. The number of rotatable bonds is 7. The molecule has 0 aliphatic heterocycles. The molecule has 7 nitrogen and oxygen atoms in total. The number of amides is 1. The molecular weight excluding hydrogens is 431 g/mol. The van der Waals surface area contributed by atoms with Crippen LogP contribution in [0, 0.1) is 0 Å². The van der Waals surface area contributed by atoms with Crippen LogP contribution in [-0.2, 0) is 4.79 Å². The maximum Gasteiger partial charge on any atom is 0.471 e. The van der Waals surface area contributed by atoms with Crippen LogP contribution in [0.25, 0.3) is 10.6 Å². The number of thiazole rings is 1. The minimum absolute atomic E-state index is 0.0486. The third-order valence-electron chi connectivity index (χ3n) is 4.42. The summed E-state index contributed by atoms with van der Waals surface area (Å²) < 4.78 is 43.1. The number of nitrogens with one attached hydrogen (secondary N) is 2. The Morgan fingerprint density at radius 3 is 2.71 bits per heavy atom. The van der Waals surface area contributed by atoms with Gasteiger partial charge in [-0.15, -0.1) is 0 Å². The van der Waals surface area contributed by atoms with Gasteiger partial charge in [-0.1, -0.05) is 31.3 Å². The number of halogens is 3. The molecule has 2 heterocycles. The molecule has 0 saturated heterocycles. The van der Waals surface area contributed by atoms with Gasteiger partial charge in [0.2, 0.25) is 5.95 Å². The minimum atomic E-state index is -4.99. The Hall–Kier alpha value is -3.21. The van der Waals surface area contributed by atoms with Gasteiger partial charge in [0, 0.05) is 18.0 Å². The molecule has 2 aromatic heterocycles. The number of carbonyl (C=O) groups excluding carboxylic acids is 1. The molecule has 2 N–H and O–H groups in total. The second kappa shape index (κ2) is 9.29. The smallest absolute Gasteiger partial charge is 0.471 e. The molecule has 1 aromatic carbocycles. The standard InChI is InChI=1S/C20H20F3N5O2S/c1-4-11(2)15-16(31-19(27-15)28-17(29)20(21,22)23)14-8-9-24-18(26-14)25-12-6-5-7-13(10-12)30-3/h5-11H,4H2,1-3H3,(H,24,25,26)(H,27,28,29). The van der Waals surface area contributed by atoms with Crippen molar-refractivity contribution in [2.24, 2.45) is 0 Å². The van der Waals surface area contributed by atoms with Crippen molar-refractivity contribution in [1.82, 2.24) is 15.0 Å². The monoisotopic (exact) mass is 451 g/mol. The molecule has 31 heavy (non-hydrogen) atoms. The highest BCUT2D eigenvalue weighted by Crippen LogP contribution is 2.38. The lowest BCUT2D eigenvalue weighted by molar-refractivity contribution is -0.167. The topological polar surface area (TPSA) is 89.0 Å². The van der Waals surface area contributed by atoms with Crippen molar-refractivity contribution in [2.75, 3.05) is 17.7 Å². The Morgan fingerprint density at radius 2 is 2.03 bits per heavy atom. The Bertz CT molecular complexity index is 1070. The highest BCUT2D eigenvalue weighted by molar-refractivity contribution is 7.19. The molecule has 3 rings (SSSR count). The first-order valence-electron chi connectivity index (χ1n) is 9.34. The van der Waals surface area contributed by atoms with Gasteiger partial charge in [-0.05, 0) is 30.5 Å². The van der Waals surface area contributed by atoms with E-state index in [2.05, 4.69) is 20.3 Å². The van der Waals surface area contributed by atoms with Crippen LogP contribution >= 0.6 is 11.3 Å². The molecule has 0 fully saturated rings. The summed E-state index contributed by atoms with van der Waals surface area (Å²) in [6, 6.07) is 8.85. The normalized spacial score (nSPS) is 12.3. The van der Waals surface area contributed by atoms with Gasteiger partial charge in [0.05, 0.1) is 23.4 Å². The van der Waals surface area contributed by atoms with Crippen molar-refractivity contribution in [3.05, 3.63) is 42.2 Å². The van der Waals surface area contributed by atoms with Crippen molar-refractivity contribution < 1.29 is 22.7 Å². The third kappa shape index (κ3) is 5.48. The molecule has 0 aliphatic rings. The molecule has 0 saturated carbocycles. The van der Waals surface area contributed by atoms with E-state index in [9.17, 15) is 18.0 Å². The first kappa shape index (κ1) is 22.5. The first-order valence-corrected chi connectivity index (χ1v) is 10.2. The predicted molar refractivity (Wildman–Crippen MR) is 113 cm³/mol. The molecule has 164 valence electrons. The largest absolute Gasteiger partial charge is 0.497 e. The van der Waals surface area contributed by atoms with Gasteiger partial charge in [-0.25, -0.2) is 15.0 Å². The van der Waals surface area contributed by atoms with Crippen LogP contribution < -0.4 is 15.4 Å². The van der Waals surface area contributed by atoms with E-state index in [0.717, 1.165) is 11.3 Å². The number of carbonyl (C=O) groups is 1. The molecule has 0 radical (unpaired) electrons. The molecule has 11 heteroatoms. The van der Waals surface area contributed by atoms with Crippen LogP contribution in [0.2, 0.25) is 0 Å². The van der Waals surface area contributed by atoms with Crippen LogP contribution in [0.15, 0.2) is 36.5 Å². The first-order chi connectivity index (χ1) is 14.7. The summed E-state index contributed by atoms with van der Waals surface area (Å²) in [5, 5.41) is 4.77. The number of hydrogen-bond acceptors (Lipinski definition) is 7. The number of hydrogen-bond donors (Lipinski definition) is 2. The molecule has 1 atom stereocenters. The summed E-state index contributed by atoms with van der Waals surface area (Å²) in [5.41, 5.74) is 1.76. The summed E-state index contributed by atoms with van der Waals surface area (Å²) >= 11 is 0.941. The number of anilines is 3. The van der Waals surface area contributed by atoms with Gasteiger partial charge in [-0.2, -0.15) is 13.2 Å². The second-order valence-electron chi connectivity index (χ2n) is 6.62. The number of aromatic nitrogens is 3. The molecule has 3 aromatic rings. The molecule has 1 amide bonds. The lowest BCUT2D eigenvalue weighted by atomic mass is 10.0. The van der Waals surface area contributed by atoms with E-state index in [1.54, 1.807) is 31.5 Å². The van der Waals surface area contributed by atoms with Crippen molar-refractivity contribution in [3.63, 3.8) is 0 Å². The minimum Gasteiger partial charge on any atom is -0.497 e. The second-order valence-corrected chi connectivity index (χ2v) is 7.62. The summed E-state index contributed by atoms with van der Waals surface area (Å²) in [6.07, 6.45) is -2.74. The Kier molecular flexibility index (Phi) is 6.74. The zero-order chi connectivity index (χ0) is 22.6. The average Bonchev–Trinajstić information content (AvgIpc) is 3.16. The van der Waals surface area contributed by atoms with E-state index in [4.69, 9.17) is 4.74 Å². The third-order valence-corrected chi connectivity index (χ3v) is 5.43. The van der Waals surface area contributed by atoms with E-state index in [1.165, 1.54) is 0 Å². The molecule has 1 unspecified atom stereocenters. The van der Waals surface area contributed by atoms with Crippen LogP contribution in [0.3, 0.4) is 0 Å². The van der Waals surface area contributed by atoms with Crippen LogP contribution in [0.5, 0.6) is 5.75 Å². The number of ether oxygens (including phenoxy) is 1. The summed E-state index contributed by atoms with van der Waals surface area (Å²) in [5.74, 6) is -1.15. The quantitative estimate of drug-likeness (QED) is 0.502. The van der Waals surface area contributed by atoms with E-state index in [-0.39, 0.29) is 11.0 Å². The lowest BCUT2D eigenvalue weighted by Gasteiger charge is -2.10. The van der Waals surface area contributed by atoms with Crippen LogP contribution in [-0.4, -0.2) is 34.1 Å². The van der Waals surface area contributed by atoms with Crippen molar-refractivity contribution in [3.8, 4) is 16.3 Å². The van der Waals surface area contributed by atoms with Crippen LogP contribution in [0.1, 0.15) is 31.9 Å². The van der Waals surface area contributed by atoms with Crippen molar-refractivity contribution in [1.29, 1.82) is 0 Å². The fraction of sp³-hybridized carbons (Fsp3) is 0.300. The fourth-order valence-electron chi connectivity index (χ4n) is 2.64. The maximum absolute atomic E-state index is 12.6. The summed E-state index contributed by atoms with van der Waals surface area (Å²) in [4.78, 5) is 24.8. The van der Waals surface area contributed by atoms with E-state index < -0.39 is 12.1 Å². The van der Waals surface area contributed by atoms with Crippen molar-refractivity contribution in [2.45, 2.75) is 32.4 Å². The van der Waals surface area contributed by atoms with E-state index in [1.807, 2.05) is 31.3 Å². The number of nitrogens with zero attached hydrogens (tertiary/aromatic N) is 3. The molecular formula is C20H20F3N5O2S. The highest BCUT2D eigenvalue weighted by Gasteiger charge is 2.39. The van der Waals surface area contributed by atoms with E-state index >= 15 is 0 Å². The molecule has 0 bridgehead atoms. The molecule has 0 spiro atoms. The maximum atomic E-state index is 12.6.